The number of benzene rings is 1. The molecular weight excluding hydrogens is 419 g/mol. The van der Waals surface area contributed by atoms with E-state index in [1.807, 2.05) is 12.1 Å². The van der Waals surface area contributed by atoms with E-state index in [-0.39, 0.29) is 24.0 Å². The molecule has 0 fully saturated rings. The summed E-state index contributed by atoms with van der Waals surface area (Å²) in [6.45, 7) is 9.14. The van der Waals surface area contributed by atoms with E-state index in [2.05, 4.69) is 60.5 Å². The van der Waals surface area contributed by atoms with Crippen LogP contribution in [0.4, 0.5) is 5.69 Å². The molecule has 0 saturated carbocycles. The number of hydrogen-bond donors (Lipinski definition) is 2. The van der Waals surface area contributed by atoms with E-state index in [9.17, 15) is 0 Å². The molecule has 0 unspecified atom stereocenters. The Labute approximate surface area is 159 Å². The quantitative estimate of drug-likeness (QED) is 0.390. The van der Waals surface area contributed by atoms with Crippen molar-refractivity contribution in [3.8, 4) is 0 Å². The Morgan fingerprint density at radius 2 is 2.00 bits per heavy atom. The minimum absolute atomic E-state index is 0. The second kappa shape index (κ2) is 9.22. The largest absolute Gasteiger partial charge is 0.370 e. The summed E-state index contributed by atoms with van der Waals surface area (Å²) in [6, 6.07) is 8.24. The number of rotatable bonds is 5. The molecule has 4 nitrogen and oxygen atoms in total. The average Bonchev–Trinajstić information content (AvgIpc) is 2.94. The van der Waals surface area contributed by atoms with Gasteiger partial charge in [0.2, 0.25) is 0 Å². The minimum atomic E-state index is 0. The fraction of sp³-hybridized carbons (Fsp3) is 0.412. The van der Waals surface area contributed by atoms with Crippen molar-refractivity contribution in [1.82, 2.24) is 4.98 Å². The maximum absolute atomic E-state index is 5.96. The highest BCUT2D eigenvalue weighted by Gasteiger charge is 2.05. The molecule has 1 heterocycles. The maximum Gasteiger partial charge on any atom is 0.193 e. The van der Waals surface area contributed by atoms with Crippen LogP contribution in [0.5, 0.6) is 0 Å². The number of nitrogens with one attached hydrogen (secondary N) is 1. The first-order valence-corrected chi connectivity index (χ1v) is 8.45. The second-order valence-corrected chi connectivity index (χ2v) is 6.87. The van der Waals surface area contributed by atoms with Crippen molar-refractivity contribution in [2.45, 2.75) is 46.1 Å². The molecule has 0 aliphatic rings. The Kier molecular flexibility index (Phi) is 7.98. The lowest BCUT2D eigenvalue weighted by atomic mass is 10.0. The van der Waals surface area contributed by atoms with E-state index in [1.165, 1.54) is 5.56 Å². The van der Waals surface area contributed by atoms with Crippen LogP contribution in [0.1, 0.15) is 55.8 Å². The van der Waals surface area contributed by atoms with E-state index in [0.717, 1.165) is 16.4 Å². The summed E-state index contributed by atoms with van der Waals surface area (Å²) in [4.78, 5) is 8.92. The van der Waals surface area contributed by atoms with Gasteiger partial charge in [-0.05, 0) is 29.5 Å². The van der Waals surface area contributed by atoms with Crippen LogP contribution < -0.4 is 11.1 Å². The van der Waals surface area contributed by atoms with Crippen molar-refractivity contribution in [3.05, 3.63) is 45.9 Å². The van der Waals surface area contributed by atoms with Crippen LogP contribution in [0.25, 0.3) is 0 Å². The zero-order valence-corrected chi connectivity index (χ0v) is 17.2. The third kappa shape index (κ3) is 6.10. The van der Waals surface area contributed by atoms with E-state index in [0.29, 0.717) is 24.3 Å². The molecular formula is C17H25IN4S. The smallest absolute Gasteiger partial charge is 0.193 e. The number of thiazole rings is 1. The zero-order chi connectivity index (χ0) is 16.1. The van der Waals surface area contributed by atoms with Gasteiger partial charge in [0.1, 0.15) is 5.01 Å². The first-order chi connectivity index (χ1) is 10.5. The molecule has 2 aromatic rings. The molecule has 0 spiro atoms. The SMILES string of the molecule is CC(C)c1cccc(NC(N)=NCc2nc(C(C)C)cs2)c1.I. The number of aromatic nitrogens is 1. The first-order valence-electron chi connectivity index (χ1n) is 7.57. The third-order valence-electron chi connectivity index (χ3n) is 3.37. The number of anilines is 1. The Balaban J connectivity index is 0.00000264. The van der Waals surface area contributed by atoms with Crippen LogP contribution in [-0.2, 0) is 6.54 Å². The van der Waals surface area contributed by atoms with Gasteiger partial charge >= 0.3 is 0 Å². The molecule has 0 amide bonds. The first kappa shape index (κ1) is 19.9. The Bertz CT molecular complexity index is 650. The van der Waals surface area contributed by atoms with Crippen molar-refractivity contribution in [1.29, 1.82) is 0 Å². The topological polar surface area (TPSA) is 63.3 Å². The number of nitrogens with two attached hydrogens (primary N) is 1. The van der Waals surface area contributed by atoms with Crippen LogP contribution in [0.3, 0.4) is 0 Å². The van der Waals surface area contributed by atoms with Gasteiger partial charge in [0, 0.05) is 11.1 Å². The Morgan fingerprint density at radius 1 is 1.26 bits per heavy atom. The van der Waals surface area contributed by atoms with Gasteiger partial charge in [-0.15, -0.1) is 35.3 Å². The number of hydrogen-bond acceptors (Lipinski definition) is 3. The predicted octanol–water partition coefficient (Wildman–Crippen LogP) is 4.93. The van der Waals surface area contributed by atoms with Crippen LogP contribution in [0.2, 0.25) is 0 Å². The molecule has 0 atom stereocenters. The summed E-state index contributed by atoms with van der Waals surface area (Å²) in [5.74, 6) is 1.36. The van der Waals surface area contributed by atoms with Gasteiger partial charge in [-0.2, -0.15) is 0 Å². The monoisotopic (exact) mass is 444 g/mol. The molecule has 6 heteroatoms. The maximum atomic E-state index is 5.96. The molecule has 2 rings (SSSR count). The molecule has 0 saturated heterocycles. The highest BCUT2D eigenvalue weighted by atomic mass is 127. The van der Waals surface area contributed by atoms with Crippen LogP contribution in [0, 0.1) is 0 Å². The third-order valence-corrected chi connectivity index (χ3v) is 4.22. The lowest BCUT2D eigenvalue weighted by Gasteiger charge is -2.09. The molecule has 0 aliphatic heterocycles. The predicted molar refractivity (Wildman–Crippen MR) is 111 cm³/mol. The molecule has 126 valence electrons. The fourth-order valence-corrected chi connectivity index (χ4v) is 2.86. The van der Waals surface area contributed by atoms with Gasteiger partial charge in [0.15, 0.2) is 5.96 Å². The van der Waals surface area contributed by atoms with E-state index in [1.54, 1.807) is 11.3 Å². The number of nitrogens with zero attached hydrogens (tertiary/aromatic N) is 2. The fourth-order valence-electron chi connectivity index (χ4n) is 1.98. The molecule has 0 radical (unpaired) electrons. The lowest BCUT2D eigenvalue weighted by molar-refractivity contribution is 0.821. The van der Waals surface area contributed by atoms with Gasteiger partial charge in [-0.25, -0.2) is 9.98 Å². The summed E-state index contributed by atoms with van der Waals surface area (Å²) in [7, 11) is 0. The van der Waals surface area contributed by atoms with Crippen molar-refractivity contribution in [2.75, 3.05) is 5.32 Å². The zero-order valence-electron chi connectivity index (χ0n) is 14.0. The molecule has 0 bridgehead atoms. The van der Waals surface area contributed by atoms with Gasteiger partial charge in [-0.3, -0.25) is 0 Å². The van der Waals surface area contributed by atoms with Gasteiger partial charge in [0.05, 0.1) is 12.2 Å². The van der Waals surface area contributed by atoms with E-state index >= 15 is 0 Å². The molecule has 1 aromatic carbocycles. The van der Waals surface area contributed by atoms with Crippen molar-refractivity contribution in [2.24, 2.45) is 10.7 Å². The molecule has 0 aliphatic carbocycles. The van der Waals surface area contributed by atoms with Crippen LogP contribution in [-0.4, -0.2) is 10.9 Å². The molecule has 1 aromatic heterocycles. The number of halogens is 1. The van der Waals surface area contributed by atoms with Gasteiger partial charge < -0.3 is 11.1 Å². The standard InChI is InChI=1S/C17H24N4S.HI/c1-11(2)13-6-5-7-14(8-13)20-17(18)19-9-16-21-15(10-22-16)12(3)4;/h5-8,10-12H,9H2,1-4H3,(H3,18,19,20);1H. The second-order valence-electron chi connectivity index (χ2n) is 5.93. The summed E-state index contributed by atoms with van der Waals surface area (Å²) >= 11 is 1.63. The van der Waals surface area contributed by atoms with Crippen LogP contribution >= 0.6 is 35.3 Å². The van der Waals surface area contributed by atoms with Crippen LogP contribution in [0.15, 0.2) is 34.6 Å². The summed E-state index contributed by atoms with van der Waals surface area (Å²) in [5, 5.41) is 6.22. The van der Waals surface area contributed by atoms with Gasteiger partial charge in [-0.1, -0.05) is 39.8 Å². The summed E-state index contributed by atoms with van der Waals surface area (Å²) < 4.78 is 0. The highest BCUT2D eigenvalue weighted by molar-refractivity contribution is 14.0. The summed E-state index contributed by atoms with van der Waals surface area (Å²) in [5.41, 5.74) is 9.32. The molecule has 23 heavy (non-hydrogen) atoms. The number of guanidine groups is 1. The van der Waals surface area contributed by atoms with E-state index < -0.39 is 0 Å². The van der Waals surface area contributed by atoms with Crippen molar-refractivity contribution >= 4 is 47.0 Å². The lowest BCUT2D eigenvalue weighted by Crippen LogP contribution is -2.22. The van der Waals surface area contributed by atoms with Gasteiger partial charge in [0.25, 0.3) is 0 Å². The van der Waals surface area contributed by atoms with E-state index in [4.69, 9.17) is 5.73 Å². The number of aliphatic imine (C=N–C) groups is 1. The Hall–Kier alpha value is -1.15. The average molecular weight is 444 g/mol. The highest BCUT2D eigenvalue weighted by Crippen LogP contribution is 2.19. The molecule has 3 N–H and O–H groups in total. The minimum Gasteiger partial charge on any atom is -0.370 e. The normalized spacial score (nSPS) is 11.7. The van der Waals surface area contributed by atoms with Crippen molar-refractivity contribution < 1.29 is 0 Å². The summed E-state index contributed by atoms with van der Waals surface area (Å²) in [6.07, 6.45) is 0. The van der Waals surface area contributed by atoms with Crippen molar-refractivity contribution in [3.63, 3.8) is 0 Å². The Morgan fingerprint density at radius 3 is 2.61 bits per heavy atom.